The Labute approximate surface area is 108 Å². The van der Waals surface area contributed by atoms with Gasteiger partial charge < -0.3 is 15.0 Å². The third-order valence-electron chi connectivity index (χ3n) is 2.61. The standard InChI is InChI=1S/C11H18N4O.ClH/c1-3-16-11-6-10(13-8-14-11)15-5-4-12-9(2)7-15;/h6,8-9,12H,3-5,7H2,1-2H3;1H. The van der Waals surface area contributed by atoms with E-state index in [0.717, 1.165) is 25.5 Å². The molecular formula is C11H19ClN4O. The molecule has 2 heterocycles. The molecule has 1 atom stereocenters. The van der Waals surface area contributed by atoms with E-state index >= 15 is 0 Å². The molecule has 0 aromatic carbocycles. The predicted octanol–water partition coefficient (Wildman–Crippen LogP) is 1.10. The molecule has 0 bridgehead atoms. The van der Waals surface area contributed by atoms with Gasteiger partial charge in [0.1, 0.15) is 12.1 Å². The van der Waals surface area contributed by atoms with Crippen LogP contribution in [-0.4, -0.2) is 42.3 Å². The molecule has 0 saturated carbocycles. The van der Waals surface area contributed by atoms with Gasteiger partial charge in [0.25, 0.3) is 0 Å². The lowest BCUT2D eigenvalue weighted by molar-refractivity contribution is 0.326. The van der Waals surface area contributed by atoms with Gasteiger partial charge in [-0.1, -0.05) is 0 Å². The Bertz CT molecular complexity index is 350. The highest BCUT2D eigenvalue weighted by Crippen LogP contribution is 2.16. The number of aromatic nitrogens is 2. The van der Waals surface area contributed by atoms with Crippen molar-refractivity contribution in [2.75, 3.05) is 31.1 Å². The van der Waals surface area contributed by atoms with Crippen LogP contribution in [0.15, 0.2) is 12.4 Å². The molecule has 1 saturated heterocycles. The molecule has 1 aromatic rings. The molecule has 96 valence electrons. The van der Waals surface area contributed by atoms with Crippen LogP contribution in [-0.2, 0) is 0 Å². The average Bonchev–Trinajstić information content (AvgIpc) is 2.30. The van der Waals surface area contributed by atoms with Crippen molar-refractivity contribution >= 4 is 18.2 Å². The van der Waals surface area contributed by atoms with E-state index in [2.05, 4.69) is 27.1 Å². The van der Waals surface area contributed by atoms with Gasteiger partial charge in [-0.2, -0.15) is 0 Å². The van der Waals surface area contributed by atoms with Crippen LogP contribution in [0.4, 0.5) is 5.82 Å². The van der Waals surface area contributed by atoms with Gasteiger partial charge in [0.2, 0.25) is 5.88 Å². The van der Waals surface area contributed by atoms with Gasteiger partial charge in [-0.3, -0.25) is 0 Å². The summed E-state index contributed by atoms with van der Waals surface area (Å²) in [7, 11) is 0. The molecule has 0 radical (unpaired) electrons. The molecule has 1 unspecified atom stereocenters. The summed E-state index contributed by atoms with van der Waals surface area (Å²) in [6.45, 7) is 7.71. The zero-order valence-corrected chi connectivity index (χ0v) is 11.0. The van der Waals surface area contributed by atoms with Gasteiger partial charge in [-0.05, 0) is 13.8 Å². The van der Waals surface area contributed by atoms with Crippen molar-refractivity contribution in [2.45, 2.75) is 19.9 Å². The number of halogens is 1. The summed E-state index contributed by atoms with van der Waals surface area (Å²) in [4.78, 5) is 10.6. The third kappa shape index (κ3) is 3.71. The summed E-state index contributed by atoms with van der Waals surface area (Å²) < 4.78 is 5.37. The Kier molecular flexibility index (Phi) is 5.44. The normalized spacial score (nSPS) is 19.6. The number of rotatable bonds is 3. The highest BCUT2D eigenvalue weighted by atomic mass is 35.5. The average molecular weight is 259 g/mol. The first-order valence-electron chi connectivity index (χ1n) is 5.72. The predicted molar refractivity (Wildman–Crippen MR) is 70.1 cm³/mol. The first-order valence-corrected chi connectivity index (χ1v) is 5.72. The number of piperazine rings is 1. The summed E-state index contributed by atoms with van der Waals surface area (Å²) in [5.74, 6) is 1.60. The summed E-state index contributed by atoms with van der Waals surface area (Å²) in [6, 6.07) is 2.40. The molecule has 1 aromatic heterocycles. The van der Waals surface area contributed by atoms with Crippen molar-refractivity contribution < 1.29 is 4.74 Å². The van der Waals surface area contributed by atoms with E-state index in [-0.39, 0.29) is 12.4 Å². The lowest BCUT2D eigenvalue weighted by atomic mass is 10.2. The fraction of sp³-hybridized carbons (Fsp3) is 0.636. The number of nitrogens with one attached hydrogen (secondary N) is 1. The smallest absolute Gasteiger partial charge is 0.218 e. The van der Waals surface area contributed by atoms with Crippen LogP contribution in [0.3, 0.4) is 0 Å². The van der Waals surface area contributed by atoms with Crippen LogP contribution in [0.2, 0.25) is 0 Å². The van der Waals surface area contributed by atoms with E-state index in [0.29, 0.717) is 18.5 Å². The van der Waals surface area contributed by atoms with E-state index in [1.54, 1.807) is 6.33 Å². The third-order valence-corrected chi connectivity index (χ3v) is 2.61. The van der Waals surface area contributed by atoms with Gasteiger partial charge in [0, 0.05) is 31.7 Å². The number of anilines is 1. The van der Waals surface area contributed by atoms with Crippen LogP contribution in [0.5, 0.6) is 5.88 Å². The van der Waals surface area contributed by atoms with Gasteiger partial charge >= 0.3 is 0 Å². The molecule has 1 fully saturated rings. The maximum Gasteiger partial charge on any atom is 0.218 e. The zero-order chi connectivity index (χ0) is 11.4. The molecule has 17 heavy (non-hydrogen) atoms. The Morgan fingerprint density at radius 2 is 2.35 bits per heavy atom. The second kappa shape index (κ2) is 6.61. The second-order valence-corrected chi connectivity index (χ2v) is 3.95. The van der Waals surface area contributed by atoms with Gasteiger partial charge in [-0.25, -0.2) is 9.97 Å². The lowest BCUT2D eigenvalue weighted by Gasteiger charge is -2.32. The van der Waals surface area contributed by atoms with Gasteiger partial charge in [-0.15, -0.1) is 12.4 Å². The van der Waals surface area contributed by atoms with Crippen LogP contribution in [0, 0.1) is 0 Å². The molecule has 2 rings (SSSR count). The first kappa shape index (κ1) is 14.0. The lowest BCUT2D eigenvalue weighted by Crippen LogP contribution is -2.49. The Morgan fingerprint density at radius 3 is 3.06 bits per heavy atom. The highest BCUT2D eigenvalue weighted by Gasteiger charge is 2.17. The maximum absolute atomic E-state index is 5.37. The van der Waals surface area contributed by atoms with E-state index in [9.17, 15) is 0 Å². The molecule has 5 nitrogen and oxygen atoms in total. The molecule has 6 heteroatoms. The molecule has 0 spiro atoms. The van der Waals surface area contributed by atoms with Crippen molar-refractivity contribution in [3.63, 3.8) is 0 Å². The minimum atomic E-state index is 0. The molecular weight excluding hydrogens is 240 g/mol. The Balaban J connectivity index is 0.00000144. The van der Waals surface area contributed by atoms with E-state index < -0.39 is 0 Å². The SMILES string of the molecule is CCOc1cc(N2CCNC(C)C2)ncn1.Cl. The van der Waals surface area contributed by atoms with Gasteiger partial charge in [0.05, 0.1) is 6.61 Å². The van der Waals surface area contributed by atoms with Gasteiger partial charge in [0.15, 0.2) is 0 Å². The van der Waals surface area contributed by atoms with Crippen molar-refractivity contribution in [3.8, 4) is 5.88 Å². The number of hydrogen-bond donors (Lipinski definition) is 1. The fourth-order valence-corrected chi connectivity index (χ4v) is 1.87. The van der Waals surface area contributed by atoms with E-state index in [4.69, 9.17) is 4.74 Å². The maximum atomic E-state index is 5.37. The Hall–Kier alpha value is -1.07. The highest BCUT2D eigenvalue weighted by molar-refractivity contribution is 5.85. The van der Waals surface area contributed by atoms with Crippen LogP contribution in [0.1, 0.15) is 13.8 Å². The minimum Gasteiger partial charge on any atom is -0.478 e. The Morgan fingerprint density at radius 1 is 1.53 bits per heavy atom. The minimum absolute atomic E-state index is 0. The quantitative estimate of drug-likeness (QED) is 0.880. The number of nitrogens with zero attached hydrogens (tertiary/aromatic N) is 3. The molecule has 1 aliphatic rings. The summed E-state index contributed by atoms with van der Waals surface area (Å²) >= 11 is 0. The molecule has 0 amide bonds. The first-order chi connectivity index (χ1) is 7.79. The summed E-state index contributed by atoms with van der Waals surface area (Å²) in [5.41, 5.74) is 0. The zero-order valence-electron chi connectivity index (χ0n) is 10.2. The van der Waals surface area contributed by atoms with E-state index in [1.807, 2.05) is 13.0 Å². The van der Waals surface area contributed by atoms with Crippen LogP contribution < -0.4 is 15.0 Å². The second-order valence-electron chi connectivity index (χ2n) is 3.95. The monoisotopic (exact) mass is 258 g/mol. The molecule has 0 aliphatic carbocycles. The van der Waals surface area contributed by atoms with Crippen molar-refractivity contribution in [1.29, 1.82) is 0 Å². The van der Waals surface area contributed by atoms with Crippen LogP contribution >= 0.6 is 12.4 Å². The molecule has 1 N–H and O–H groups in total. The number of ether oxygens (including phenoxy) is 1. The van der Waals surface area contributed by atoms with Crippen molar-refractivity contribution in [1.82, 2.24) is 15.3 Å². The van der Waals surface area contributed by atoms with Crippen LogP contribution in [0.25, 0.3) is 0 Å². The largest absolute Gasteiger partial charge is 0.478 e. The summed E-state index contributed by atoms with van der Waals surface area (Å²) in [5, 5.41) is 3.41. The van der Waals surface area contributed by atoms with Crippen molar-refractivity contribution in [3.05, 3.63) is 12.4 Å². The topological polar surface area (TPSA) is 50.3 Å². The molecule has 1 aliphatic heterocycles. The summed E-state index contributed by atoms with van der Waals surface area (Å²) in [6.07, 6.45) is 1.56. The fourth-order valence-electron chi connectivity index (χ4n) is 1.87. The number of hydrogen-bond acceptors (Lipinski definition) is 5. The van der Waals surface area contributed by atoms with Crippen molar-refractivity contribution in [2.24, 2.45) is 0 Å². The van der Waals surface area contributed by atoms with E-state index in [1.165, 1.54) is 0 Å².